The number of hydrogen-bond donors (Lipinski definition) is 0. The Morgan fingerprint density at radius 2 is 0.434 bits per heavy atom. The van der Waals surface area contributed by atoms with E-state index in [-0.39, 0.29) is 31.1 Å². The molecular weight excluding hydrogens is 1020 g/mol. The Bertz CT molecular complexity index is 1940. The quantitative estimate of drug-likeness (QED) is 0.0261. The Morgan fingerprint density at radius 1 is 0.241 bits per heavy atom. The molecule has 0 saturated carbocycles. The van der Waals surface area contributed by atoms with Crippen LogP contribution >= 0.6 is 0 Å². The van der Waals surface area contributed by atoms with Crippen molar-refractivity contribution < 1.29 is 28.6 Å². The minimum Gasteiger partial charge on any atom is -0.462 e. The van der Waals surface area contributed by atoms with E-state index < -0.39 is 6.10 Å². The smallest absolute Gasteiger partial charge is 0.306 e. The van der Waals surface area contributed by atoms with Crippen LogP contribution in [0.25, 0.3) is 0 Å². The van der Waals surface area contributed by atoms with Gasteiger partial charge >= 0.3 is 17.9 Å². The van der Waals surface area contributed by atoms with E-state index in [1.54, 1.807) is 0 Å². The summed E-state index contributed by atoms with van der Waals surface area (Å²) in [6.45, 7) is 6.25. The normalized spacial score (nSPS) is 13.3. The van der Waals surface area contributed by atoms with Crippen LogP contribution in [0.2, 0.25) is 0 Å². The van der Waals surface area contributed by atoms with E-state index in [1.807, 2.05) is 0 Å². The van der Waals surface area contributed by atoms with Gasteiger partial charge in [0, 0.05) is 19.3 Å². The molecule has 0 saturated heterocycles. The number of unbranched alkanes of at least 4 members (excludes halogenated alkanes) is 17. The Labute approximate surface area is 510 Å². The van der Waals surface area contributed by atoms with Gasteiger partial charge in [-0.3, -0.25) is 14.4 Å². The summed E-state index contributed by atoms with van der Waals surface area (Å²) in [6.07, 6.45) is 103. The molecule has 0 heterocycles. The molecule has 464 valence electrons. The van der Waals surface area contributed by atoms with Crippen LogP contribution in [-0.4, -0.2) is 37.2 Å². The molecule has 1 unspecified atom stereocenters. The average molecular weight is 1140 g/mol. The van der Waals surface area contributed by atoms with Gasteiger partial charge in [-0.15, -0.1) is 0 Å². The number of ether oxygens (including phenoxy) is 3. The average Bonchev–Trinajstić information content (AvgIpc) is 3.49. The maximum Gasteiger partial charge on any atom is 0.306 e. The summed E-state index contributed by atoms with van der Waals surface area (Å²) in [7, 11) is 0. The van der Waals surface area contributed by atoms with E-state index in [0.29, 0.717) is 19.3 Å². The summed E-state index contributed by atoms with van der Waals surface area (Å²) in [5.41, 5.74) is 0. The number of carbonyl (C=O) groups is 3. The van der Waals surface area contributed by atoms with Gasteiger partial charge in [-0.05, 0) is 154 Å². The summed E-state index contributed by atoms with van der Waals surface area (Å²) in [4.78, 5) is 38.3. The predicted molar refractivity (Wildman–Crippen MR) is 361 cm³/mol. The van der Waals surface area contributed by atoms with Crippen LogP contribution in [0.3, 0.4) is 0 Å². The number of rotatable bonds is 58. The van der Waals surface area contributed by atoms with Gasteiger partial charge in [0.1, 0.15) is 13.2 Å². The molecule has 0 amide bonds. The lowest BCUT2D eigenvalue weighted by Gasteiger charge is -2.18. The van der Waals surface area contributed by atoms with Crippen molar-refractivity contribution in [1.29, 1.82) is 0 Å². The Hall–Kier alpha value is -5.49. The topological polar surface area (TPSA) is 78.9 Å². The Morgan fingerprint density at radius 3 is 0.675 bits per heavy atom. The van der Waals surface area contributed by atoms with Crippen LogP contribution in [0.4, 0.5) is 0 Å². The molecule has 0 bridgehead atoms. The lowest BCUT2D eigenvalue weighted by molar-refractivity contribution is -0.167. The van der Waals surface area contributed by atoms with Crippen LogP contribution in [0, 0.1) is 0 Å². The second kappa shape index (κ2) is 69.0. The molecule has 0 rings (SSSR count). The van der Waals surface area contributed by atoms with E-state index in [9.17, 15) is 14.4 Å². The minimum atomic E-state index is -0.810. The monoisotopic (exact) mass is 1140 g/mol. The molecule has 0 aliphatic heterocycles. The summed E-state index contributed by atoms with van der Waals surface area (Å²) in [5.74, 6) is -0.954. The first kappa shape index (κ1) is 77.5. The van der Waals surface area contributed by atoms with E-state index >= 15 is 0 Å². The minimum absolute atomic E-state index is 0.105. The number of esters is 3. The highest BCUT2D eigenvalue weighted by molar-refractivity contribution is 5.71. The van der Waals surface area contributed by atoms with Crippen molar-refractivity contribution in [1.82, 2.24) is 0 Å². The Kier molecular flexibility index (Phi) is 64.4. The highest BCUT2D eigenvalue weighted by Crippen LogP contribution is 2.14. The van der Waals surface area contributed by atoms with Crippen molar-refractivity contribution >= 4 is 17.9 Å². The fraction of sp³-hybridized carbons (Fsp3) is 0.571. The van der Waals surface area contributed by atoms with Crippen molar-refractivity contribution in [3.05, 3.63) is 182 Å². The summed E-state index contributed by atoms with van der Waals surface area (Å²) in [5, 5.41) is 0. The van der Waals surface area contributed by atoms with E-state index in [2.05, 4.69) is 203 Å². The molecule has 0 radical (unpaired) electrons. The molecule has 0 fully saturated rings. The number of carbonyl (C=O) groups excluding carboxylic acids is 3. The van der Waals surface area contributed by atoms with Crippen LogP contribution in [0.5, 0.6) is 0 Å². The summed E-state index contributed by atoms with van der Waals surface area (Å²) < 4.78 is 16.9. The van der Waals surface area contributed by atoms with Gasteiger partial charge in [-0.2, -0.15) is 0 Å². The number of allylic oxidation sites excluding steroid dienone is 30. The standard InChI is InChI=1S/C77H120O6/c1-4-7-10-13-16-19-22-25-28-29-30-31-32-33-34-35-36-37-38-39-40-41-42-43-44-45-46-47-50-52-55-58-61-64-67-70-76(79)82-73-74(83-77(80)71-68-65-62-59-56-53-49-27-24-21-18-15-12-9-6-3)72-81-75(78)69-66-63-60-57-54-51-48-26-23-20-17-14-11-8-5-2/h7-12,16-21,25-28,30-31,33-34,36-37,39-40,42-43,45-46,48-49,74H,4-6,13-15,22-24,29,32,35,38,41,44,47,50-73H2,1-3H3/b10-7-,11-8-,12-9-,19-16-,20-17-,21-18-,28-25-,31-30-,34-33-,37-36-,40-39-,43-42-,46-45-,48-26-,49-27-. The molecule has 0 aromatic carbocycles. The molecule has 0 aliphatic rings. The maximum absolute atomic E-state index is 12.9. The molecule has 6 nitrogen and oxygen atoms in total. The van der Waals surface area contributed by atoms with Gasteiger partial charge < -0.3 is 14.2 Å². The zero-order chi connectivity index (χ0) is 59.9. The predicted octanol–water partition coefficient (Wildman–Crippen LogP) is 23.2. The summed E-state index contributed by atoms with van der Waals surface area (Å²) >= 11 is 0. The van der Waals surface area contributed by atoms with Gasteiger partial charge in [-0.25, -0.2) is 0 Å². The molecular formula is C77H120O6. The maximum atomic E-state index is 12.9. The van der Waals surface area contributed by atoms with Crippen LogP contribution < -0.4 is 0 Å². The first-order chi connectivity index (χ1) is 41.0. The fourth-order valence-corrected chi connectivity index (χ4v) is 8.52. The Balaban J connectivity index is 4.33. The molecule has 0 aromatic heterocycles. The third kappa shape index (κ3) is 67.2. The van der Waals surface area contributed by atoms with Gasteiger partial charge in [0.2, 0.25) is 0 Å². The van der Waals surface area contributed by atoms with E-state index in [1.165, 1.54) is 25.7 Å². The second-order valence-corrected chi connectivity index (χ2v) is 21.2. The van der Waals surface area contributed by atoms with Gasteiger partial charge in [-0.1, -0.05) is 274 Å². The molecule has 0 aliphatic carbocycles. The highest BCUT2D eigenvalue weighted by Gasteiger charge is 2.19. The fourth-order valence-electron chi connectivity index (χ4n) is 8.52. The van der Waals surface area contributed by atoms with E-state index in [4.69, 9.17) is 14.2 Å². The SMILES string of the molecule is CC/C=C\C/C=C\C/C=C\C/C=C\C/C=C\C/C=C\C/C=C\C/C=C\C/C=C\CCCCCCCCCC(=O)OCC(COC(=O)CCCCCCC/C=C\C/C=C\C/C=C\CC)OC(=O)CCCCCCC/C=C\C/C=C\C/C=C\CC. The molecule has 1 atom stereocenters. The van der Waals surface area contributed by atoms with Crippen LogP contribution in [-0.2, 0) is 28.6 Å². The third-order valence-electron chi connectivity index (χ3n) is 13.4. The van der Waals surface area contributed by atoms with Crippen molar-refractivity contribution in [2.75, 3.05) is 13.2 Å². The molecule has 0 N–H and O–H groups in total. The zero-order valence-corrected chi connectivity index (χ0v) is 53.1. The van der Waals surface area contributed by atoms with Gasteiger partial charge in [0.15, 0.2) is 6.10 Å². The van der Waals surface area contributed by atoms with Crippen molar-refractivity contribution in [2.45, 2.75) is 271 Å². The van der Waals surface area contributed by atoms with Gasteiger partial charge in [0.25, 0.3) is 0 Å². The summed E-state index contributed by atoms with van der Waals surface area (Å²) in [6, 6.07) is 0. The third-order valence-corrected chi connectivity index (χ3v) is 13.4. The van der Waals surface area contributed by atoms with Crippen molar-refractivity contribution in [3.8, 4) is 0 Å². The molecule has 0 aromatic rings. The van der Waals surface area contributed by atoms with Crippen LogP contribution in [0.15, 0.2) is 182 Å². The first-order valence-electron chi connectivity index (χ1n) is 33.3. The van der Waals surface area contributed by atoms with Crippen molar-refractivity contribution in [3.63, 3.8) is 0 Å². The lowest BCUT2D eigenvalue weighted by atomic mass is 10.1. The highest BCUT2D eigenvalue weighted by atomic mass is 16.6. The molecule has 0 spiro atoms. The molecule has 6 heteroatoms. The van der Waals surface area contributed by atoms with Gasteiger partial charge in [0.05, 0.1) is 0 Å². The lowest BCUT2D eigenvalue weighted by Crippen LogP contribution is -2.30. The van der Waals surface area contributed by atoms with Crippen molar-refractivity contribution in [2.24, 2.45) is 0 Å². The molecule has 83 heavy (non-hydrogen) atoms. The van der Waals surface area contributed by atoms with Crippen LogP contribution in [0.1, 0.15) is 265 Å². The number of hydrogen-bond acceptors (Lipinski definition) is 6. The second-order valence-electron chi connectivity index (χ2n) is 21.2. The zero-order valence-electron chi connectivity index (χ0n) is 53.1. The first-order valence-corrected chi connectivity index (χ1v) is 33.3. The van der Waals surface area contributed by atoms with E-state index in [0.717, 1.165) is 199 Å². The largest absolute Gasteiger partial charge is 0.462 e.